The molecule has 0 saturated heterocycles. The second-order valence-electron chi connectivity index (χ2n) is 1.48. The van der Waals surface area contributed by atoms with E-state index in [4.69, 9.17) is 0 Å². The van der Waals surface area contributed by atoms with Crippen LogP contribution < -0.4 is 5.73 Å². The van der Waals surface area contributed by atoms with Crippen molar-refractivity contribution in [2.75, 3.05) is 7.05 Å². The van der Waals surface area contributed by atoms with Gasteiger partial charge in [-0.15, -0.1) is 0 Å². The van der Waals surface area contributed by atoms with E-state index in [9.17, 15) is 51.8 Å². The van der Waals surface area contributed by atoms with Gasteiger partial charge in [-0.2, -0.15) is 0 Å². The standard InChI is InChI=1S/CH5N.2CH4.3BF4/c1-2;;;3*2-1(3,4)5/h2H2,1H3;2*1H4;;;/q;;;3*-1. The second-order valence-corrected chi connectivity index (χ2v) is 1.48. The van der Waals surface area contributed by atoms with Gasteiger partial charge in [0.2, 0.25) is 0 Å². The summed E-state index contributed by atoms with van der Waals surface area (Å²) in [6, 6.07) is 0. The van der Waals surface area contributed by atoms with Crippen molar-refractivity contribution in [3.05, 3.63) is 0 Å². The van der Waals surface area contributed by atoms with E-state index in [0.717, 1.165) is 0 Å². The third kappa shape index (κ3) is 8650. The molecule has 0 bridgehead atoms. The summed E-state index contributed by atoms with van der Waals surface area (Å²) in [6.45, 7) is 0. The van der Waals surface area contributed by atoms with Gasteiger partial charge in [-0.3, -0.25) is 0 Å². The molecular formula is C3H13B3F12N-3. The fourth-order valence-electron chi connectivity index (χ4n) is 0. The molecule has 0 radical (unpaired) electrons. The highest BCUT2D eigenvalue weighted by atomic mass is 19.5. The van der Waals surface area contributed by atoms with Crippen LogP contribution in [0.2, 0.25) is 0 Å². The Kier molecular flexibility index (Phi) is 29.3. The van der Waals surface area contributed by atoms with Gasteiger partial charge >= 0.3 is 21.8 Å². The summed E-state index contributed by atoms with van der Waals surface area (Å²) < 4.78 is 117. The molecule has 2 N–H and O–H groups in total. The maximum absolute atomic E-state index is 9.75. The molecular weight excluding hydrogens is 310 g/mol. The summed E-state index contributed by atoms with van der Waals surface area (Å²) in [7, 11) is -16.5. The van der Waals surface area contributed by atoms with Crippen LogP contribution in [0.15, 0.2) is 0 Å². The largest absolute Gasteiger partial charge is 0.673 e. The van der Waals surface area contributed by atoms with Gasteiger partial charge in [0.1, 0.15) is 0 Å². The Bertz CT molecular complexity index is 103. The summed E-state index contributed by atoms with van der Waals surface area (Å²) >= 11 is 0. The maximum atomic E-state index is 9.75. The highest BCUT2D eigenvalue weighted by Crippen LogP contribution is 2.07. The molecule has 0 fully saturated rings. The third-order valence-corrected chi connectivity index (χ3v) is 0. The number of rotatable bonds is 0. The minimum atomic E-state index is -6.00. The van der Waals surface area contributed by atoms with Crippen molar-refractivity contribution >= 4 is 21.8 Å². The van der Waals surface area contributed by atoms with Gasteiger partial charge in [0.15, 0.2) is 0 Å². The summed E-state index contributed by atoms with van der Waals surface area (Å²) in [6.07, 6.45) is 0. The normalized spacial score (nSPS) is 9.79. The van der Waals surface area contributed by atoms with Crippen molar-refractivity contribution in [2.45, 2.75) is 14.9 Å². The minimum Gasteiger partial charge on any atom is -0.418 e. The van der Waals surface area contributed by atoms with E-state index in [2.05, 4.69) is 5.73 Å². The molecule has 1 nitrogen and oxygen atoms in total. The van der Waals surface area contributed by atoms with Gasteiger partial charge in [0, 0.05) is 0 Å². The Morgan fingerprint density at radius 3 is 0.421 bits per heavy atom. The minimum absolute atomic E-state index is 0. The lowest BCUT2D eigenvalue weighted by atomic mass is 10.3. The van der Waals surface area contributed by atoms with Crippen molar-refractivity contribution < 1.29 is 51.8 Å². The Hall–Kier alpha value is -0.685. The molecule has 16 heteroatoms. The third-order valence-electron chi connectivity index (χ3n) is 0. The first-order valence-corrected chi connectivity index (χ1v) is 3.20. The number of nitrogens with two attached hydrogens (primary N) is 1. The van der Waals surface area contributed by atoms with Gasteiger partial charge in [0.05, 0.1) is 0 Å². The van der Waals surface area contributed by atoms with Gasteiger partial charge in [0.25, 0.3) is 0 Å². The monoisotopic (exact) mass is 324 g/mol. The molecule has 0 aliphatic heterocycles. The molecule has 19 heavy (non-hydrogen) atoms. The Balaban J connectivity index is -0.0000000298. The molecule has 0 aliphatic carbocycles. The molecule has 0 amide bonds. The van der Waals surface area contributed by atoms with E-state index in [0.29, 0.717) is 0 Å². The molecule has 0 aliphatic rings. The molecule has 0 rings (SSSR count). The lowest BCUT2D eigenvalue weighted by Crippen LogP contribution is -2.02. The zero-order valence-electron chi connectivity index (χ0n) is 7.84. The van der Waals surface area contributed by atoms with Gasteiger partial charge in [-0.05, 0) is 7.05 Å². The number of hydrogen-bond acceptors (Lipinski definition) is 1. The second kappa shape index (κ2) is 15.4. The number of halogens is 12. The van der Waals surface area contributed by atoms with Gasteiger partial charge < -0.3 is 57.5 Å². The van der Waals surface area contributed by atoms with Gasteiger partial charge in [-0.25, -0.2) is 0 Å². The predicted octanol–water partition coefficient (Wildman–Crippen LogP) is 4.75. The lowest BCUT2D eigenvalue weighted by molar-refractivity contribution is 0.366. The summed E-state index contributed by atoms with van der Waals surface area (Å²) in [4.78, 5) is 0. The maximum Gasteiger partial charge on any atom is 0.673 e. The van der Waals surface area contributed by atoms with Crippen molar-refractivity contribution in [2.24, 2.45) is 5.73 Å². The van der Waals surface area contributed by atoms with Crippen LogP contribution in [0.3, 0.4) is 0 Å². The summed E-state index contributed by atoms with van der Waals surface area (Å²) in [5, 5.41) is 0. The molecule has 0 saturated carbocycles. The Morgan fingerprint density at radius 1 is 0.421 bits per heavy atom. The Labute approximate surface area is 102 Å². The van der Waals surface area contributed by atoms with E-state index in [1.165, 1.54) is 7.05 Å². The summed E-state index contributed by atoms with van der Waals surface area (Å²) in [5.74, 6) is 0. The van der Waals surface area contributed by atoms with Crippen molar-refractivity contribution in [3.8, 4) is 0 Å². The van der Waals surface area contributed by atoms with Crippen LogP contribution in [0.25, 0.3) is 0 Å². The smallest absolute Gasteiger partial charge is 0.418 e. The Morgan fingerprint density at radius 2 is 0.421 bits per heavy atom. The van der Waals surface area contributed by atoms with Crippen LogP contribution in [0.4, 0.5) is 51.8 Å². The predicted molar refractivity (Wildman–Crippen MR) is 54.1 cm³/mol. The van der Waals surface area contributed by atoms with Crippen LogP contribution >= 0.6 is 0 Å². The van der Waals surface area contributed by atoms with E-state index in [1.54, 1.807) is 0 Å². The van der Waals surface area contributed by atoms with E-state index >= 15 is 0 Å². The van der Waals surface area contributed by atoms with E-state index in [1.807, 2.05) is 0 Å². The van der Waals surface area contributed by atoms with Crippen LogP contribution in [-0.4, -0.2) is 28.8 Å². The quantitative estimate of drug-likeness (QED) is 0.505. The van der Waals surface area contributed by atoms with Crippen molar-refractivity contribution in [1.29, 1.82) is 0 Å². The average molecular weight is 324 g/mol. The first-order chi connectivity index (χ1) is 7.00. The molecule has 0 heterocycles. The highest BCUT2D eigenvalue weighted by Gasteiger charge is 2.21. The fourth-order valence-corrected chi connectivity index (χ4v) is 0. The van der Waals surface area contributed by atoms with Crippen LogP contribution in [0.5, 0.6) is 0 Å². The van der Waals surface area contributed by atoms with E-state index < -0.39 is 21.8 Å². The molecule has 0 aromatic heterocycles. The molecule has 0 spiro atoms. The summed E-state index contributed by atoms with van der Waals surface area (Å²) in [5.41, 5.74) is 4.50. The molecule has 0 atom stereocenters. The SMILES string of the molecule is C.C.CN.F[B-](F)(F)F.F[B-](F)(F)F.F[B-](F)(F)F. The molecule has 126 valence electrons. The van der Waals surface area contributed by atoms with Gasteiger partial charge in [-0.1, -0.05) is 14.9 Å². The average Bonchev–Trinajstić information content (AvgIpc) is 1.77. The molecule has 0 aromatic carbocycles. The van der Waals surface area contributed by atoms with Crippen molar-refractivity contribution in [1.82, 2.24) is 0 Å². The number of hydrogen-bond donors (Lipinski definition) is 1. The van der Waals surface area contributed by atoms with E-state index in [-0.39, 0.29) is 14.9 Å². The lowest BCUT2D eigenvalue weighted by Gasteiger charge is -1.94. The van der Waals surface area contributed by atoms with Crippen LogP contribution in [0.1, 0.15) is 14.9 Å². The van der Waals surface area contributed by atoms with Crippen molar-refractivity contribution in [3.63, 3.8) is 0 Å². The molecule has 0 unspecified atom stereocenters. The van der Waals surface area contributed by atoms with Crippen LogP contribution in [0, 0.1) is 0 Å². The zero-order valence-corrected chi connectivity index (χ0v) is 7.84. The fraction of sp³-hybridized carbons (Fsp3) is 1.00. The first kappa shape index (κ1) is 36.2. The topological polar surface area (TPSA) is 26.0 Å². The molecule has 0 aromatic rings. The highest BCUT2D eigenvalue weighted by molar-refractivity contribution is 6.50. The van der Waals surface area contributed by atoms with Crippen LogP contribution in [-0.2, 0) is 0 Å². The first-order valence-electron chi connectivity index (χ1n) is 3.20. The zero-order chi connectivity index (χ0) is 15.5.